The molecule has 0 radical (unpaired) electrons. The van der Waals surface area contributed by atoms with Crippen molar-refractivity contribution in [2.75, 3.05) is 7.11 Å². The number of fused-ring (bicyclic) bond motifs is 14. The number of methoxy groups -OCH3 is 1. The van der Waals surface area contributed by atoms with Gasteiger partial charge in [0.1, 0.15) is 23.7 Å². The Morgan fingerprint density at radius 3 is 2.23 bits per heavy atom. The smallest absolute Gasteiger partial charge is 0.312 e. The molecule has 0 fully saturated rings. The molecular formula is C38H47NO13. The third-order valence-corrected chi connectivity index (χ3v) is 10.3. The van der Waals surface area contributed by atoms with Gasteiger partial charge in [-0.15, -0.1) is 0 Å². The lowest BCUT2D eigenvalue weighted by molar-refractivity contribution is -0.160. The molecule has 1 aromatic rings. The van der Waals surface area contributed by atoms with Crippen LogP contribution in [0.2, 0.25) is 0 Å². The second-order valence-electron chi connectivity index (χ2n) is 13.9. The molecule has 3 heterocycles. The van der Waals surface area contributed by atoms with Gasteiger partial charge in [0, 0.05) is 61.3 Å². The molecule has 5 rings (SSSR count). The number of hydrogen-bond donors (Lipinski definition) is 5. The van der Waals surface area contributed by atoms with Gasteiger partial charge in [-0.1, -0.05) is 45.9 Å². The molecule has 1 aromatic carbocycles. The number of carbonyl (C=O) groups is 5. The molecule has 0 saturated heterocycles. The molecule has 282 valence electrons. The number of rotatable bonds is 3. The second kappa shape index (κ2) is 15.5. The number of allylic oxidation sites excluding steroid dienone is 3. The summed E-state index contributed by atoms with van der Waals surface area (Å²) in [6.45, 7) is 12.1. The number of ether oxygens (including phenoxy) is 4. The Morgan fingerprint density at radius 1 is 0.981 bits per heavy atom. The molecule has 0 aromatic heterocycles. The van der Waals surface area contributed by atoms with Crippen molar-refractivity contribution in [2.45, 2.75) is 91.7 Å². The van der Waals surface area contributed by atoms with E-state index >= 15 is 0 Å². The first kappa shape index (κ1) is 40.1. The fourth-order valence-corrected chi connectivity index (χ4v) is 6.98. The van der Waals surface area contributed by atoms with Crippen molar-refractivity contribution < 1.29 is 63.3 Å². The van der Waals surface area contributed by atoms with Crippen LogP contribution >= 0.6 is 0 Å². The van der Waals surface area contributed by atoms with Crippen LogP contribution in [0.1, 0.15) is 86.4 Å². The molecule has 1 aliphatic carbocycles. The highest BCUT2D eigenvalue weighted by Gasteiger charge is 2.52. The quantitative estimate of drug-likeness (QED) is 0.224. The number of aliphatic hydroxyl groups is 3. The molecule has 14 heteroatoms. The van der Waals surface area contributed by atoms with Crippen molar-refractivity contribution >= 4 is 29.7 Å². The van der Waals surface area contributed by atoms with Crippen LogP contribution in [0.5, 0.6) is 11.5 Å². The van der Waals surface area contributed by atoms with Crippen LogP contribution < -0.4 is 10.1 Å². The highest BCUT2D eigenvalue weighted by atomic mass is 16.7. The number of benzene rings is 1. The van der Waals surface area contributed by atoms with Crippen LogP contribution in [0, 0.1) is 30.6 Å². The second-order valence-corrected chi connectivity index (χ2v) is 13.9. The largest absolute Gasteiger partial charge is 0.507 e. The highest BCUT2D eigenvalue weighted by molar-refractivity contribution is 6.21. The lowest BCUT2D eigenvalue weighted by atomic mass is 9.78. The SMILES string of the molecule is CO[C@H]1/C=C/O[C@@]2(C)Oc3c(C)c(O)c4c(c3C2=O)C(O)C(C=O)=C(NC(=O)/C(C)=C\C=C\[C@@H](C)[C@@H](O)[C@@H](C)[C@H](O)[C@@H](C)[C@H](OC(C)=O)[C@@H]1C)C4=O. The zero-order valence-electron chi connectivity index (χ0n) is 30.6. The van der Waals surface area contributed by atoms with E-state index in [0.29, 0.717) is 0 Å². The van der Waals surface area contributed by atoms with Crippen LogP contribution in [0.25, 0.3) is 0 Å². The summed E-state index contributed by atoms with van der Waals surface area (Å²) in [5.41, 5.74) is -2.24. The molecule has 3 aliphatic heterocycles. The van der Waals surface area contributed by atoms with Crippen LogP contribution in [-0.2, 0) is 28.6 Å². The first-order chi connectivity index (χ1) is 24.3. The van der Waals surface area contributed by atoms with Crippen molar-refractivity contribution in [3.63, 3.8) is 0 Å². The average Bonchev–Trinajstić information content (AvgIpc) is 3.36. The summed E-state index contributed by atoms with van der Waals surface area (Å²) in [4.78, 5) is 65.7. The monoisotopic (exact) mass is 725 g/mol. The Labute approximate surface area is 301 Å². The average molecular weight is 726 g/mol. The van der Waals surface area contributed by atoms with Crippen LogP contribution in [0.4, 0.5) is 0 Å². The van der Waals surface area contributed by atoms with Crippen molar-refractivity contribution in [2.24, 2.45) is 23.7 Å². The number of hydrogen-bond acceptors (Lipinski definition) is 13. The van der Waals surface area contributed by atoms with E-state index in [9.17, 15) is 44.4 Å². The summed E-state index contributed by atoms with van der Waals surface area (Å²) < 4.78 is 23.1. The number of Topliss-reactive ketones (excluding diaryl/α,β-unsaturated/α-hetero) is 2. The molecular weight excluding hydrogens is 678 g/mol. The van der Waals surface area contributed by atoms with Gasteiger partial charge in [-0.3, -0.25) is 24.0 Å². The van der Waals surface area contributed by atoms with Crippen molar-refractivity contribution in [3.8, 4) is 11.5 Å². The summed E-state index contributed by atoms with van der Waals surface area (Å²) in [6.07, 6.45) is 1.42. The number of carbonyl (C=O) groups excluding carboxylic acids is 5. The van der Waals surface area contributed by atoms with E-state index in [2.05, 4.69) is 5.32 Å². The van der Waals surface area contributed by atoms with E-state index in [0.717, 1.165) is 6.26 Å². The fourth-order valence-electron chi connectivity index (χ4n) is 6.98. The van der Waals surface area contributed by atoms with Gasteiger partial charge in [-0.25, -0.2) is 0 Å². The highest BCUT2D eigenvalue weighted by Crippen LogP contribution is 2.51. The van der Waals surface area contributed by atoms with Gasteiger partial charge in [0.05, 0.1) is 47.0 Å². The fraction of sp³-hybridized carbons (Fsp3) is 0.500. The maximum Gasteiger partial charge on any atom is 0.312 e. The number of aldehydes is 1. The first-order valence-electron chi connectivity index (χ1n) is 16.9. The zero-order valence-corrected chi connectivity index (χ0v) is 30.6. The molecule has 1 amide bonds. The topological polar surface area (TPSA) is 215 Å². The van der Waals surface area contributed by atoms with E-state index in [-0.39, 0.29) is 34.3 Å². The minimum absolute atomic E-state index is 0.0309. The zero-order chi connectivity index (χ0) is 39.0. The minimum atomic E-state index is -2.08. The standard InChI is InChI=1S/C38H47NO13/c1-16-11-10-12-17(2)37(48)39-28-23(15-40)32(45)25-26(33(28)46)31(44)21(6)35-27(25)36(47)38(8,52-35)50-14-13-24(49-9)18(3)34(51-22(7)41)20(5)30(43)19(4)29(16)42/h10-16,18-20,24,29-30,32,34,42-45H,1-9H3,(H,39,48)/b11-10+,14-13+,17-12-/t16-,18-,19-,20-,24+,29-,30+,32?,34-,38+/m1/s1. The van der Waals surface area contributed by atoms with Gasteiger partial charge < -0.3 is 44.7 Å². The van der Waals surface area contributed by atoms with E-state index in [1.54, 1.807) is 33.8 Å². The van der Waals surface area contributed by atoms with Crippen molar-refractivity contribution in [1.82, 2.24) is 5.32 Å². The molecule has 4 aliphatic rings. The molecule has 5 bridgehead atoms. The third-order valence-electron chi connectivity index (χ3n) is 10.3. The van der Waals surface area contributed by atoms with Gasteiger partial charge in [0.2, 0.25) is 5.78 Å². The van der Waals surface area contributed by atoms with Gasteiger partial charge in [0.15, 0.2) is 6.29 Å². The summed E-state index contributed by atoms with van der Waals surface area (Å²) >= 11 is 0. The molecule has 52 heavy (non-hydrogen) atoms. The van der Waals surface area contributed by atoms with Crippen LogP contribution in [0.3, 0.4) is 0 Å². The Morgan fingerprint density at radius 2 is 1.63 bits per heavy atom. The first-order valence-corrected chi connectivity index (χ1v) is 16.9. The Hall–Kier alpha value is -4.63. The van der Waals surface area contributed by atoms with E-state index < -0.39 is 106 Å². The molecule has 10 atom stereocenters. The van der Waals surface area contributed by atoms with Crippen LogP contribution in [-0.4, -0.2) is 87.5 Å². The maximum absolute atomic E-state index is 14.0. The predicted molar refractivity (Wildman–Crippen MR) is 185 cm³/mol. The molecule has 0 saturated carbocycles. The Kier molecular flexibility index (Phi) is 12.0. The number of esters is 1. The summed E-state index contributed by atoms with van der Waals surface area (Å²) in [6, 6.07) is 0. The molecule has 0 spiro atoms. The summed E-state index contributed by atoms with van der Waals surface area (Å²) in [7, 11) is 1.41. The summed E-state index contributed by atoms with van der Waals surface area (Å²) in [5.74, 6) is -8.72. The lowest BCUT2D eigenvalue weighted by Crippen LogP contribution is -2.46. The van der Waals surface area contributed by atoms with Crippen molar-refractivity contribution in [3.05, 3.63) is 69.7 Å². The Bertz CT molecular complexity index is 1770. The number of aliphatic hydroxyl groups excluding tert-OH is 3. The number of ketones is 2. The summed E-state index contributed by atoms with van der Waals surface area (Å²) in [5, 5.41) is 47.6. The number of phenolic OH excluding ortho intramolecular Hbond substituents is 1. The third kappa shape index (κ3) is 7.20. The maximum atomic E-state index is 14.0. The number of aromatic hydroxyl groups is 1. The van der Waals surface area contributed by atoms with E-state index in [4.69, 9.17) is 18.9 Å². The van der Waals surface area contributed by atoms with E-state index in [1.807, 2.05) is 0 Å². The number of phenols is 1. The number of amides is 1. The normalized spacial score (nSPS) is 35.1. The number of nitrogens with one attached hydrogen (secondary N) is 1. The predicted octanol–water partition coefficient (Wildman–Crippen LogP) is 3.05. The molecule has 14 nitrogen and oxygen atoms in total. The van der Waals surface area contributed by atoms with E-state index in [1.165, 1.54) is 53.0 Å². The van der Waals surface area contributed by atoms with Gasteiger partial charge in [-0.05, 0) is 19.9 Å². The molecule has 5 N–H and O–H groups in total. The molecule has 1 unspecified atom stereocenters. The van der Waals surface area contributed by atoms with Crippen LogP contribution in [0.15, 0.2) is 47.4 Å². The van der Waals surface area contributed by atoms with Gasteiger partial charge >= 0.3 is 11.8 Å². The minimum Gasteiger partial charge on any atom is -0.507 e. The van der Waals surface area contributed by atoms with Gasteiger partial charge in [0.25, 0.3) is 11.7 Å². The van der Waals surface area contributed by atoms with Crippen molar-refractivity contribution in [1.29, 1.82) is 0 Å². The Balaban J connectivity index is 1.88. The van der Waals surface area contributed by atoms with Gasteiger partial charge in [-0.2, -0.15) is 0 Å². The lowest BCUT2D eigenvalue weighted by Gasteiger charge is -2.38.